The van der Waals surface area contributed by atoms with E-state index in [1.165, 1.54) is 7.11 Å². The van der Waals surface area contributed by atoms with Crippen molar-refractivity contribution >= 4 is 29.3 Å². The molecule has 14 heteroatoms. The number of anilines is 1. The second kappa shape index (κ2) is 17.1. The van der Waals surface area contributed by atoms with E-state index in [2.05, 4.69) is 59.5 Å². The Morgan fingerprint density at radius 2 is 1.48 bits per heavy atom. The Kier molecular flexibility index (Phi) is 12.0. The van der Waals surface area contributed by atoms with E-state index >= 15 is 0 Å². The van der Waals surface area contributed by atoms with Gasteiger partial charge in [0.1, 0.15) is 35.5 Å². The third-order valence-electron chi connectivity index (χ3n) is 14.2. The van der Waals surface area contributed by atoms with Crippen molar-refractivity contribution < 1.29 is 38.1 Å². The third kappa shape index (κ3) is 8.82. The Labute approximate surface area is 369 Å². The number of nitrogens with one attached hydrogen (secondary N) is 3. The molecule has 14 nitrogen and oxygen atoms in total. The van der Waals surface area contributed by atoms with Crippen molar-refractivity contribution in [2.75, 3.05) is 44.8 Å². The molecular formula is C49H60N6O8. The molecule has 2 aliphatic carbocycles. The minimum Gasteiger partial charge on any atom is -0.497 e. The predicted octanol–water partition coefficient (Wildman–Crippen LogP) is 5.61. The summed E-state index contributed by atoms with van der Waals surface area (Å²) in [5, 5.41) is 17.8. The van der Waals surface area contributed by atoms with E-state index < -0.39 is 17.9 Å². The van der Waals surface area contributed by atoms with Crippen LogP contribution in [0.5, 0.6) is 17.2 Å². The van der Waals surface area contributed by atoms with Crippen molar-refractivity contribution in [3.8, 4) is 23.3 Å². The highest BCUT2D eigenvalue weighted by Gasteiger charge is 2.64. The lowest BCUT2D eigenvalue weighted by Crippen LogP contribution is -2.74. The molecule has 1 spiro atoms. The van der Waals surface area contributed by atoms with Gasteiger partial charge < -0.3 is 34.5 Å². The largest absolute Gasteiger partial charge is 0.497 e. The van der Waals surface area contributed by atoms with Gasteiger partial charge in [0, 0.05) is 91.2 Å². The number of nitrogens with zero attached hydrogens (tertiary/aromatic N) is 3. The molecule has 3 saturated heterocycles. The molecule has 8 rings (SSSR count). The van der Waals surface area contributed by atoms with E-state index in [1.54, 1.807) is 18.2 Å². The van der Waals surface area contributed by atoms with Gasteiger partial charge in [0.05, 0.1) is 31.0 Å². The van der Waals surface area contributed by atoms with Gasteiger partial charge in [-0.25, -0.2) is 0 Å². The summed E-state index contributed by atoms with van der Waals surface area (Å²) in [6.45, 7) is 16.5. The number of nitriles is 1. The number of methoxy groups -OCH3 is 1. The molecule has 334 valence electrons. The summed E-state index contributed by atoms with van der Waals surface area (Å²) in [5.74, 6) is 0.370. The van der Waals surface area contributed by atoms with Crippen molar-refractivity contribution in [3.63, 3.8) is 0 Å². The van der Waals surface area contributed by atoms with Crippen molar-refractivity contribution in [2.45, 2.75) is 116 Å². The number of hydrogen-bond donors (Lipinski definition) is 3. The molecule has 5 aliphatic rings. The summed E-state index contributed by atoms with van der Waals surface area (Å²) in [5.41, 5.74) is 3.64. The second-order valence-corrected chi connectivity index (χ2v) is 19.4. The number of amides is 4. The summed E-state index contributed by atoms with van der Waals surface area (Å²) < 4.78 is 24.9. The quantitative estimate of drug-likeness (QED) is 0.205. The summed E-state index contributed by atoms with van der Waals surface area (Å²) in [7, 11) is 1.53. The molecule has 3 heterocycles. The lowest BCUT2D eigenvalue weighted by molar-refractivity contribution is -0.164. The molecule has 3 N–H and O–H groups in total. The normalized spacial score (nSPS) is 26.0. The zero-order valence-electron chi connectivity index (χ0n) is 37.5. The third-order valence-corrected chi connectivity index (χ3v) is 14.2. The standard InChI is InChI=1S/C49H60N6O8/c1-29-20-36(21-30(2)39(29)27-50)63-46-47(3,4)45(48(46,5)6)53-42(57)31-8-10-33(11-9-31)54-16-14-49(15-17-54)28-55(18-19-61-49)34-24-38(25-34)62-37-23-32(22-35(26-37)60-7)43(58)51-40-12-13-41(56)52-44(40)59/h8-11,20-23,26,34,38,40,45-46H,12-19,24-25,28H2,1-7H3,(H,51,58)(H,53,57)(H,52,56,59). The summed E-state index contributed by atoms with van der Waals surface area (Å²) in [4.78, 5) is 55.4. The predicted molar refractivity (Wildman–Crippen MR) is 236 cm³/mol. The van der Waals surface area contributed by atoms with Crippen molar-refractivity contribution in [3.05, 3.63) is 82.4 Å². The van der Waals surface area contributed by atoms with E-state index in [1.807, 2.05) is 50.2 Å². The maximum atomic E-state index is 13.6. The van der Waals surface area contributed by atoms with Gasteiger partial charge in [-0.1, -0.05) is 27.7 Å². The SMILES string of the molecule is COc1cc(OC2CC(N3CCOC4(CCN(c5ccc(C(=O)NC6C(C)(C)C(Oc7cc(C)c(C#N)c(C)c7)C6(C)C)cc5)CC4)C3)C2)cc(C(=O)NC2CCC(=O)NC2=O)c1. The van der Waals surface area contributed by atoms with Gasteiger partial charge in [-0.3, -0.25) is 29.4 Å². The van der Waals surface area contributed by atoms with Crippen LogP contribution in [-0.4, -0.2) is 104 Å². The maximum Gasteiger partial charge on any atom is 0.252 e. The van der Waals surface area contributed by atoms with Gasteiger partial charge in [-0.05, 0) is 92.8 Å². The van der Waals surface area contributed by atoms with Crippen LogP contribution < -0.4 is 35.1 Å². The number of morpholine rings is 1. The molecule has 3 aliphatic heterocycles. The fraction of sp³-hybridized carbons (Fsp3) is 0.531. The number of hydrogen-bond acceptors (Lipinski definition) is 11. The smallest absolute Gasteiger partial charge is 0.252 e. The molecule has 5 fully saturated rings. The Balaban J connectivity index is 0.805. The van der Waals surface area contributed by atoms with E-state index in [9.17, 15) is 24.4 Å². The zero-order valence-corrected chi connectivity index (χ0v) is 37.5. The first-order valence-electron chi connectivity index (χ1n) is 22.2. The van der Waals surface area contributed by atoms with Gasteiger partial charge in [0.15, 0.2) is 0 Å². The molecule has 0 radical (unpaired) electrons. The minimum absolute atomic E-state index is 0.00897. The number of rotatable bonds is 11. The first-order valence-corrected chi connectivity index (χ1v) is 22.2. The fourth-order valence-corrected chi connectivity index (χ4v) is 10.9. The Morgan fingerprint density at radius 1 is 0.841 bits per heavy atom. The van der Waals surface area contributed by atoms with Gasteiger partial charge in [-0.2, -0.15) is 5.26 Å². The zero-order chi connectivity index (χ0) is 44.8. The number of ether oxygens (including phenoxy) is 4. The van der Waals surface area contributed by atoms with Crippen LogP contribution in [0, 0.1) is 36.0 Å². The van der Waals surface area contributed by atoms with Crippen molar-refractivity contribution in [1.29, 1.82) is 5.26 Å². The van der Waals surface area contributed by atoms with Crippen LogP contribution in [0.1, 0.15) is 104 Å². The highest BCUT2D eigenvalue weighted by molar-refractivity contribution is 6.04. The van der Waals surface area contributed by atoms with E-state index in [4.69, 9.17) is 18.9 Å². The Bertz CT molecular complexity index is 2270. The highest BCUT2D eigenvalue weighted by atomic mass is 16.5. The van der Waals surface area contributed by atoms with Crippen LogP contribution >= 0.6 is 0 Å². The van der Waals surface area contributed by atoms with E-state index in [-0.39, 0.29) is 59.3 Å². The number of imide groups is 1. The van der Waals surface area contributed by atoms with Crippen LogP contribution in [0.15, 0.2) is 54.6 Å². The average molecular weight is 861 g/mol. The average Bonchev–Trinajstić information content (AvgIpc) is 3.24. The van der Waals surface area contributed by atoms with Gasteiger partial charge in [-0.15, -0.1) is 0 Å². The maximum absolute atomic E-state index is 13.6. The summed E-state index contributed by atoms with van der Waals surface area (Å²) in [6.07, 6.45) is 3.82. The molecule has 1 atom stereocenters. The molecule has 1 unspecified atom stereocenters. The fourth-order valence-electron chi connectivity index (χ4n) is 10.9. The second-order valence-electron chi connectivity index (χ2n) is 19.4. The van der Waals surface area contributed by atoms with Crippen LogP contribution in [-0.2, 0) is 14.3 Å². The Hall–Kier alpha value is -5.65. The highest BCUT2D eigenvalue weighted by Crippen LogP contribution is 2.55. The number of aryl methyl sites for hydroxylation is 2. The van der Waals surface area contributed by atoms with Crippen LogP contribution in [0.25, 0.3) is 0 Å². The number of piperidine rings is 2. The summed E-state index contributed by atoms with van der Waals surface area (Å²) in [6, 6.07) is 18.6. The molecule has 0 aromatic heterocycles. The Morgan fingerprint density at radius 3 is 2.11 bits per heavy atom. The van der Waals surface area contributed by atoms with E-state index in [0.29, 0.717) is 40.8 Å². The van der Waals surface area contributed by atoms with Gasteiger partial charge in [0.25, 0.3) is 11.8 Å². The molecule has 63 heavy (non-hydrogen) atoms. The van der Waals surface area contributed by atoms with Crippen molar-refractivity contribution in [1.82, 2.24) is 20.9 Å². The first kappa shape index (κ1) is 44.0. The lowest BCUT2D eigenvalue weighted by atomic mass is 9.49. The van der Waals surface area contributed by atoms with Crippen LogP contribution in [0.2, 0.25) is 0 Å². The minimum atomic E-state index is -0.777. The number of carbonyl (C=O) groups excluding carboxylic acids is 4. The number of carbonyl (C=O) groups is 4. The molecule has 4 amide bonds. The molecule has 3 aromatic carbocycles. The van der Waals surface area contributed by atoms with Gasteiger partial charge >= 0.3 is 0 Å². The molecular weight excluding hydrogens is 801 g/mol. The molecule has 0 bridgehead atoms. The monoisotopic (exact) mass is 860 g/mol. The van der Waals surface area contributed by atoms with Crippen LogP contribution in [0.4, 0.5) is 5.69 Å². The lowest BCUT2D eigenvalue weighted by Gasteiger charge is -2.63. The molecule has 3 aromatic rings. The first-order chi connectivity index (χ1) is 30.0. The van der Waals surface area contributed by atoms with Crippen LogP contribution in [0.3, 0.4) is 0 Å². The molecule has 2 saturated carbocycles. The van der Waals surface area contributed by atoms with E-state index in [0.717, 1.165) is 74.4 Å². The summed E-state index contributed by atoms with van der Waals surface area (Å²) >= 11 is 0. The topological polar surface area (TPSA) is 172 Å². The van der Waals surface area contributed by atoms with Crippen molar-refractivity contribution in [2.24, 2.45) is 10.8 Å². The number of benzene rings is 3. The van der Waals surface area contributed by atoms with Gasteiger partial charge in [0.2, 0.25) is 11.8 Å².